The van der Waals surface area contributed by atoms with Gasteiger partial charge in [0.2, 0.25) is 0 Å². The Hall–Kier alpha value is -1.78. The van der Waals surface area contributed by atoms with Crippen LogP contribution in [0.1, 0.15) is 53.8 Å². The molecule has 1 aliphatic heterocycles. The van der Waals surface area contributed by atoms with E-state index < -0.39 is 5.97 Å². The molecule has 1 N–H and O–H groups in total. The van der Waals surface area contributed by atoms with Gasteiger partial charge >= 0.3 is 5.97 Å². The first-order valence-electron chi connectivity index (χ1n) is 6.92. The van der Waals surface area contributed by atoms with Crippen LogP contribution in [0.4, 0.5) is 0 Å². The van der Waals surface area contributed by atoms with Gasteiger partial charge in [-0.05, 0) is 32.1 Å². The van der Waals surface area contributed by atoms with E-state index in [1.54, 1.807) is 0 Å². The fourth-order valence-electron chi connectivity index (χ4n) is 2.85. The Morgan fingerprint density at radius 2 is 2.00 bits per heavy atom. The molecule has 0 amide bonds. The van der Waals surface area contributed by atoms with Gasteiger partial charge in [0.25, 0.3) is 0 Å². The number of hydrogen-bond acceptors (Lipinski definition) is 4. The van der Waals surface area contributed by atoms with Crippen LogP contribution in [0.3, 0.4) is 0 Å². The number of carboxylic acid groups (broad SMARTS) is 1. The van der Waals surface area contributed by atoms with E-state index in [4.69, 9.17) is 4.42 Å². The highest BCUT2D eigenvalue weighted by Gasteiger charge is 2.27. The lowest BCUT2D eigenvalue weighted by atomic mass is 9.93. The summed E-state index contributed by atoms with van der Waals surface area (Å²) in [5, 5.41) is 16.0. The van der Waals surface area contributed by atoms with Crippen molar-refractivity contribution in [1.29, 1.82) is 0 Å². The van der Waals surface area contributed by atoms with Crippen molar-refractivity contribution in [1.82, 2.24) is 5.01 Å². The summed E-state index contributed by atoms with van der Waals surface area (Å²) in [5.41, 5.74) is 1.86. The summed E-state index contributed by atoms with van der Waals surface area (Å²) in [6.45, 7) is 1.94. The second-order valence-electron chi connectivity index (χ2n) is 5.17. The van der Waals surface area contributed by atoms with Gasteiger partial charge in [-0.15, -0.1) is 0 Å². The average molecular weight is 262 g/mol. The summed E-state index contributed by atoms with van der Waals surface area (Å²) >= 11 is 0. The fraction of sp³-hybridized carbons (Fsp3) is 0.571. The van der Waals surface area contributed by atoms with E-state index in [1.807, 2.05) is 0 Å². The van der Waals surface area contributed by atoms with Gasteiger partial charge in [-0.3, -0.25) is 5.01 Å². The van der Waals surface area contributed by atoms with Crippen molar-refractivity contribution < 1.29 is 14.3 Å². The Morgan fingerprint density at radius 3 is 2.74 bits per heavy atom. The Morgan fingerprint density at radius 1 is 1.21 bits per heavy atom. The van der Waals surface area contributed by atoms with Gasteiger partial charge in [0.05, 0.1) is 11.3 Å². The molecular weight excluding hydrogens is 244 g/mol. The summed E-state index contributed by atoms with van der Waals surface area (Å²) in [6.07, 6.45) is 7.57. The van der Waals surface area contributed by atoms with Crippen molar-refractivity contribution in [2.24, 2.45) is 5.10 Å². The number of carboxylic acids is 1. The first kappa shape index (κ1) is 12.3. The van der Waals surface area contributed by atoms with Crippen LogP contribution < -0.4 is 0 Å². The SMILES string of the molecule is O=C(O)c1coc2c1/C(=N/N1CCCCC1)CCC2. The number of furan rings is 1. The lowest BCUT2D eigenvalue weighted by Gasteiger charge is -2.26. The van der Waals surface area contributed by atoms with Crippen molar-refractivity contribution in [3.05, 3.63) is 23.2 Å². The molecule has 0 unspecified atom stereocenters. The van der Waals surface area contributed by atoms with Crippen LogP contribution in [-0.4, -0.2) is 34.9 Å². The van der Waals surface area contributed by atoms with E-state index in [-0.39, 0.29) is 5.56 Å². The molecule has 1 aliphatic carbocycles. The van der Waals surface area contributed by atoms with Crippen LogP contribution in [0.15, 0.2) is 15.8 Å². The summed E-state index contributed by atoms with van der Waals surface area (Å²) < 4.78 is 5.39. The number of piperidine rings is 1. The summed E-state index contributed by atoms with van der Waals surface area (Å²) in [6, 6.07) is 0. The van der Waals surface area contributed by atoms with Gasteiger partial charge < -0.3 is 9.52 Å². The molecule has 0 saturated carbocycles. The van der Waals surface area contributed by atoms with Crippen LogP contribution in [0.2, 0.25) is 0 Å². The third kappa shape index (κ3) is 2.37. The standard InChI is InChI=1S/C14H18N2O3/c17-14(18)10-9-19-12-6-4-5-11(13(10)12)15-16-7-2-1-3-8-16/h9H,1-8H2,(H,17,18)/b15-11+. The second-order valence-corrected chi connectivity index (χ2v) is 5.17. The maximum Gasteiger partial charge on any atom is 0.339 e. The zero-order chi connectivity index (χ0) is 13.2. The maximum absolute atomic E-state index is 11.2. The van der Waals surface area contributed by atoms with Gasteiger partial charge in [0, 0.05) is 19.5 Å². The van der Waals surface area contributed by atoms with Crippen LogP contribution in [0.25, 0.3) is 0 Å². The van der Waals surface area contributed by atoms with Gasteiger partial charge in [0.1, 0.15) is 17.6 Å². The highest BCUT2D eigenvalue weighted by Crippen LogP contribution is 2.27. The molecule has 0 spiro atoms. The van der Waals surface area contributed by atoms with E-state index in [1.165, 1.54) is 25.5 Å². The number of carbonyl (C=O) groups is 1. The number of nitrogens with zero attached hydrogens (tertiary/aromatic N) is 2. The second kappa shape index (κ2) is 5.07. The topological polar surface area (TPSA) is 66.0 Å². The molecule has 0 bridgehead atoms. The summed E-state index contributed by atoms with van der Waals surface area (Å²) in [4.78, 5) is 11.2. The number of hydrogen-bond donors (Lipinski definition) is 1. The summed E-state index contributed by atoms with van der Waals surface area (Å²) in [5.74, 6) is -0.155. The van der Waals surface area contributed by atoms with Gasteiger partial charge in [-0.2, -0.15) is 5.10 Å². The van der Waals surface area contributed by atoms with E-state index in [9.17, 15) is 9.90 Å². The van der Waals surface area contributed by atoms with Crippen molar-refractivity contribution in [2.75, 3.05) is 13.1 Å². The largest absolute Gasteiger partial charge is 0.478 e. The minimum Gasteiger partial charge on any atom is -0.478 e. The quantitative estimate of drug-likeness (QED) is 0.889. The molecule has 5 heteroatoms. The molecule has 3 rings (SSSR count). The van der Waals surface area contributed by atoms with Gasteiger partial charge in [-0.1, -0.05) is 0 Å². The van der Waals surface area contributed by atoms with Crippen LogP contribution in [0.5, 0.6) is 0 Å². The fourth-order valence-corrected chi connectivity index (χ4v) is 2.85. The molecule has 1 saturated heterocycles. The molecule has 0 aromatic carbocycles. The first-order chi connectivity index (χ1) is 9.25. The minimum atomic E-state index is -0.932. The Labute approximate surface area is 111 Å². The lowest BCUT2D eigenvalue weighted by Crippen LogP contribution is -2.27. The molecule has 0 atom stereocenters. The zero-order valence-corrected chi connectivity index (χ0v) is 10.9. The Kier molecular flexibility index (Phi) is 3.27. The molecule has 5 nitrogen and oxygen atoms in total. The molecule has 19 heavy (non-hydrogen) atoms. The predicted octanol–water partition coefficient (Wildman–Crippen LogP) is 2.50. The van der Waals surface area contributed by atoms with Crippen LogP contribution in [-0.2, 0) is 6.42 Å². The molecule has 2 heterocycles. The zero-order valence-electron chi connectivity index (χ0n) is 10.9. The number of aromatic carboxylic acids is 1. The lowest BCUT2D eigenvalue weighted by molar-refractivity contribution is 0.0696. The highest BCUT2D eigenvalue weighted by atomic mass is 16.4. The molecular formula is C14H18N2O3. The summed E-state index contributed by atoms with van der Waals surface area (Å²) in [7, 11) is 0. The number of hydrazone groups is 1. The van der Waals surface area contributed by atoms with E-state index >= 15 is 0 Å². The first-order valence-corrected chi connectivity index (χ1v) is 6.92. The number of fused-ring (bicyclic) bond motifs is 1. The molecule has 0 radical (unpaired) electrons. The third-order valence-electron chi connectivity index (χ3n) is 3.80. The monoisotopic (exact) mass is 262 g/mol. The predicted molar refractivity (Wildman–Crippen MR) is 70.6 cm³/mol. The Balaban J connectivity index is 1.94. The smallest absolute Gasteiger partial charge is 0.339 e. The van der Waals surface area contributed by atoms with Crippen molar-refractivity contribution in [3.8, 4) is 0 Å². The molecule has 1 fully saturated rings. The van der Waals surface area contributed by atoms with E-state index in [2.05, 4.69) is 10.1 Å². The normalized spacial score (nSPS) is 21.5. The average Bonchev–Trinajstić information content (AvgIpc) is 2.85. The van der Waals surface area contributed by atoms with E-state index in [0.717, 1.165) is 49.4 Å². The number of aryl methyl sites for hydroxylation is 1. The minimum absolute atomic E-state index is 0.255. The van der Waals surface area contributed by atoms with E-state index in [0.29, 0.717) is 0 Å². The number of rotatable bonds is 2. The van der Waals surface area contributed by atoms with Crippen LogP contribution >= 0.6 is 0 Å². The van der Waals surface area contributed by atoms with Gasteiger partial charge in [-0.25, -0.2) is 4.79 Å². The molecule has 1 aromatic heterocycles. The molecule has 2 aliphatic rings. The van der Waals surface area contributed by atoms with Crippen LogP contribution in [0, 0.1) is 0 Å². The van der Waals surface area contributed by atoms with Crippen molar-refractivity contribution in [2.45, 2.75) is 38.5 Å². The molecule has 102 valence electrons. The highest BCUT2D eigenvalue weighted by molar-refractivity contribution is 6.09. The van der Waals surface area contributed by atoms with Crippen molar-refractivity contribution >= 4 is 11.7 Å². The Bertz CT molecular complexity index is 513. The maximum atomic E-state index is 11.2. The molecule has 1 aromatic rings. The van der Waals surface area contributed by atoms with Gasteiger partial charge in [0.15, 0.2) is 0 Å². The third-order valence-corrected chi connectivity index (χ3v) is 3.80. The van der Waals surface area contributed by atoms with Crippen molar-refractivity contribution in [3.63, 3.8) is 0 Å².